The van der Waals surface area contributed by atoms with Crippen LogP contribution in [0.25, 0.3) is 6.08 Å². The molecule has 0 spiro atoms. The van der Waals surface area contributed by atoms with Gasteiger partial charge < -0.3 is 4.90 Å². The van der Waals surface area contributed by atoms with Crippen molar-refractivity contribution in [2.24, 2.45) is 10.9 Å². The first kappa shape index (κ1) is 20.7. The first-order chi connectivity index (χ1) is 14.5. The number of aliphatic imine (C=N–C) groups is 1. The zero-order chi connectivity index (χ0) is 21.1. The largest absolute Gasteiger partial charge is 0.378 e. The van der Waals surface area contributed by atoms with Crippen molar-refractivity contribution in [3.05, 3.63) is 65.1 Å². The van der Waals surface area contributed by atoms with E-state index in [2.05, 4.69) is 36.1 Å². The van der Waals surface area contributed by atoms with Gasteiger partial charge in [0.05, 0.1) is 10.6 Å². The Morgan fingerprint density at radius 1 is 1.03 bits per heavy atom. The van der Waals surface area contributed by atoms with Crippen molar-refractivity contribution in [3.8, 4) is 0 Å². The van der Waals surface area contributed by atoms with Gasteiger partial charge in [0.2, 0.25) is 0 Å². The predicted molar refractivity (Wildman–Crippen MR) is 128 cm³/mol. The summed E-state index contributed by atoms with van der Waals surface area (Å²) >= 11 is 1.50. The van der Waals surface area contributed by atoms with Gasteiger partial charge >= 0.3 is 0 Å². The lowest BCUT2D eigenvalue weighted by molar-refractivity contribution is -0.124. The normalized spacial score (nSPS) is 24.6. The van der Waals surface area contributed by atoms with Crippen molar-refractivity contribution in [3.63, 3.8) is 0 Å². The predicted octanol–water partition coefficient (Wildman–Crippen LogP) is 5.94. The third-order valence-electron chi connectivity index (χ3n) is 5.92. The van der Waals surface area contributed by atoms with Crippen LogP contribution in [0.1, 0.15) is 38.2 Å². The van der Waals surface area contributed by atoms with E-state index in [-0.39, 0.29) is 11.9 Å². The Balaban J connectivity index is 1.68. The van der Waals surface area contributed by atoms with Gasteiger partial charge in [0.1, 0.15) is 0 Å². The molecule has 5 heteroatoms. The molecule has 4 rings (SSSR count). The molecule has 156 valence electrons. The molecule has 2 atom stereocenters. The summed E-state index contributed by atoms with van der Waals surface area (Å²) in [6.07, 6.45) is 6.64. The van der Waals surface area contributed by atoms with Gasteiger partial charge in [-0.15, -0.1) is 0 Å². The van der Waals surface area contributed by atoms with Gasteiger partial charge in [-0.3, -0.25) is 9.69 Å². The average Bonchev–Trinajstić information content (AvgIpc) is 3.04. The Morgan fingerprint density at radius 2 is 1.73 bits per heavy atom. The first-order valence-corrected chi connectivity index (χ1v) is 11.5. The van der Waals surface area contributed by atoms with Crippen LogP contribution in [-0.2, 0) is 4.79 Å². The number of carbonyl (C=O) groups is 1. The van der Waals surface area contributed by atoms with Crippen LogP contribution in [0.2, 0.25) is 0 Å². The molecule has 0 radical (unpaired) electrons. The van der Waals surface area contributed by atoms with Crippen LogP contribution in [0.15, 0.2) is 64.5 Å². The molecular formula is C25H29N3OS. The van der Waals surface area contributed by atoms with Gasteiger partial charge in [0, 0.05) is 25.8 Å². The number of hydrogen-bond donors (Lipinski definition) is 0. The van der Waals surface area contributed by atoms with E-state index in [0.29, 0.717) is 5.92 Å². The smallest absolute Gasteiger partial charge is 0.267 e. The first-order valence-electron chi connectivity index (χ1n) is 10.7. The highest BCUT2D eigenvalue weighted by atomic mass is 32.2. The second-order valence-electron chi connectivity index (χ2n) is 8.33. The van der Waals surface area contributed by atoms with E-state index >= 15 is 0 Å². The van der Waals surface area contributed by atoms with Gasteiger partial charge in [0.25, 0.3) is 5.91 Å². The number of carbonyl (C=O) groups excluding carboxylic acids is 1. The molecule has 0 unspecified atom stereocenters. The molecule has 1 amide bonds. The van der Waals surface area contributed by atoms with Crippen molar-refractivity contribution >= 4 is 40.3 Å². The molecule has 30 heavy (non-hydrogen) atoms. The molecule has 0 N–H and O–H groups in total. The molecular weight excluding hydrogens is 390 g/mol. The Bertz CT molecular complexity index is 950. The summed E-state index contributed by atoms with van der Waals surface area (Å²) in [6, 6.07) is 18.4. The van der Waals surface area contributed by atoms with Crippen LogP contribution < -0.4 is 4.90 Å². The Kier molecular flexibility index (Phi) is 6.28. The van der Waals surface area contributed by atoms with Crippen molar-refractivity contribution in [1.82, 2.24) is 4.90 Å². The van der Waals surface area contributed by atoms with Crippen molar-refractivity contribution in [2.45, 2.75) is 38.6 Å². The lowest BCUT2D eigenvalue weighted by Gasteiger charge is -2.35. The molecule has 0 bridgehead atoms. The summed E-state index contributed by atoms with van der Waals surface area (Å²) < 4.78 is 0. The highest BCUT2D eigenvalue weighted by molar-refractivity contribution is 8.18. The van der Waals surface area contributed by atoms with E-state index < -0.39 is 0 Å². The highest BCUT2D eigenvalue weighted by Gasteiger charge is 2.41. The molecule has 1 aliphatic heterocycles. The fraction of sp³-hybridized carbons (Fsp3) is 0.360. The summed E-state index contributed by atoms with van der Waals surface area (Å²) in [4.78, 5) is 23.1. The Labute approximate surface area is 183 Å². The summed E-state index contributed by atoms with van der Waals surface area (Å²) in [5, 5.41) is 0.807. The minimum Gasteiger partial charge on any atom is -0.378 e. The average molecular weight is 420 g/mol. The fourth-order valence-electron chi connectivity index (χ4n) is 4.17. The zero-order valence-corrected chi connectivity index (χ0v) is 18.7. The number of hydrogen-bond acceptors (Lipinski definition) is 4. The van der Waals surface area contributed by atoms with Gasteiger partial charge in [-0.25, -0.2) is 4.99 Å². The minimum absolute atomic E-state index is 0.0881. The number of para-hydroxylation sites is 1. The summed E-state index contributed by atoms with van der Waals surface area (Å²) in [5.41, 5.74) is 3.07. The number of thioether (sulfide) groups is 1. The number of amides is 1. The molecule has 2 aromatic rings. The quantitative estimate of drug-likeness (QED) is 0.576. The fourth-order valence-corrected chi connectivity index (χ4v) is 5.22. The number of nitrogens with zero attached hydrogens (tertiary/aromatic N) is 3. The maximum Gasteiger partial charge on any atom is 0.267 e. The molecule has 0 aromatic heterocycles. The van der Waals surface area contributed by atoms with E-state index in [1.807, 2.05) is 55.4 Å². The lowest BCUT2D eigenvalue weighted by Crippen LogP contribution is -2.44. The van der Waals surface area contributed by atoms with Crippen LogP contribution >= 0.6 is 11.8 Å². The summed E-state index contributed by atoms with van der Waals surface area (Å²) in [6.45, 7) is 2.27. The molecule has 1 saturated heterocycles. The molecule has 2 aliphatic rings. The van der Waals surface area contributed by atoms with Gasteiger partial charge in [0.15, 0.2) is 5.17 Å². The molecule has 4 nitrogen and oxygen atoms in total. The molecule has 1 saturated carbocycles. The van der Waals surface area contributed by atoms with E-state index in [4.69, 9.17) is 4.99 Å². The Hall–Kier alpha value is -2.53. The third kappa shape index (κ3) is 4.46. The topological polar surface area (TPSA) is 35.9 Å². The van der Waals surface area contributed by atoms with Crippen LogP contribution in [0.4, 0.5) is 11.4 Å². The minimum atomic E-state index is 0.0881. The summed E-state index contributed by atoms with van der Waals surface area (Å²) in [5.74, 6) is 0.577. The number of amidine groups is 1. The second-order valence-corrected chi connectivity index (χ2v) is 9.34. The van der Waals surface area contributed by atoms with Gasteiger partial charge in [-0.1, -0.05) is 50.1 Å². The SMILES string of the molecule is C[C@H]1CCCC[C@@H]1N1C(=O)/C(=C/c2ccc(N(C)C)cc2)SC1=Nc1ccccc1. The van der Waals surface area contributed by atoms with E-state index in [1.165, 1.54) is 31.0 Å². The van der Waals surface area contributed by atoms with Crippen molar-refractivity contribution in [2.75, 3.05) is 19.0 Å². The van der Waals surface area contributed by atoms with Gasteiger partial charge in [-0.05, 0) is 66.4 Å². The summed E-state index contributed by atoms with van der Waals surface area (Å²) in [7, 11) is 4.05. The molecule has 2 aromatic carbocycles. The van der Waals surface area contributed by atoms with E-state index in [0.717, 1.165) is 33.4 Å². The Morgan fingerprint density at radius 3 is 2.40 bits per heavy atom. The number of anilines is 1. The second kappa shape index (κ2) is 9.09. The van der Waals surface area contributed by atoms with E-state index in [1.54, 1.807) is 0 Å². The van der Waals surface area contributed by atoms with E-state index in [9.17, 15) is 4.79 Å². The van der Waals surface area contributed by atoms with Crippen LogP contribution in [0.5, 0.6) is 0 Å². The maximum absolute atomic E-state index is 13.5. The van der Waals surface area contributed by atoms with Crippen molar-refractivity contribution in [1.29, 1.82) is 0 Å². The highest BCUT2D eigenvalue weighted by Crippen LogP contribution is 2.40. The molecule has 1 heterocycles. The monoisotopic (exact) mass is 419 g/mol. The molecule has 2 fully saturated rings. The maximum atomic E-state index is 13.5. The number of rotatable bonds is 4. The van der Waals surface area contributed by atoms with Crippen LogP contribution in [-0.4, -0.2) is 36.1 Å². The third-order valence-corrected chi connectivity index (χ3v) is 6.91. The standard InChI is InChI=1S/C25H29N3OS/c1-18-9-7-8-12-22(18)28-24(29)23(17-19-13-15-21(16-14-19)27(2)3)30-25(28)26-20-10-5-4-6-11-20/h4-6,10-11,13-18,22H,7-9,12H2,1-3H3/b23-17-,26-25?/t18-,22-/m0/s1. The van der Waals surface area contributed by atoms with Crippen LogP contribution in [0, 0.1) is 5.92 Å². The number of benzene rings is 2. The molecule has 1 aliphatic carbocycles. The zero-order valence-electron chi connectivity index (χ0n) is 17.9. The van der Waals surface area contributed by atoms with Crippen LogP contribution in [0.3, 0.4) is 0 Å². The van der Waals surface area contributed by atoms with Gasteiger partial charge in [-0.2, -0.15) is 0 Å². The van der Waals surface area contributed by atoms with Crippen molar-refractivity contribution < 1.29 is 4.79 Å². The lowest BCUT2D eigenvalue weighted by atomic mass is 9.85.